The van der Waals surface area contributed by atoms with Crippen LogP contribution in [0.1, 0.15) is 20.3 Å². The van der Waals surface area contributed by atoms with E-state index < -0.39 is 0 Å². The van der Waals surface area contributed by atoms with Gasteiger partial charge in [0, 0.05) is 18.6 Å². The van der Waals surface area contributed by atoms with Gasteiger partial charge in [-0.3, -0.25) is 0 Å². The molecule has 0 heterocycles. The molecule has 0 rings (SSSR count). The van der Waals surface area contributed by atoms with Crippen LogP contribution in [0.3, 0.4) is 0 Å². The predicted octanol–water partition coefficient (Wildman–Crippen LogP) is -1.29. The molecule has 0 aromatic rings. The molecule has 1 radical (unpaired) electrons. The Morgan fingerprint density at radius 2 is 1.67 bits per heavy atom. The number of hydrogen-bond acceptors (Lipinski definition) is 5. The van der Waals surface area contributed by atoms with E-state index >= 15 is 0 Å². The highest BCUT2D eigenvalue weighted by Gasteiger charge is 2.29. The zero-order valence-electron chi connectivity index (χ0n) is 9.82. The Bertz CT molecular complexity index is 162. The standard InChI is InChI=1S/C10H26N5/c1-6(2)9(14)7(3-4-11)10(15)8(13)5-12/h6-9H,3-5,11-15H2,1-2H3. The molecule has 0 aliphatic rings. The molecule has 0 amide bonds. The maximum absolute atomic E-state index is 6.09. The summed E-state index contributed by atoms with van der Waals surface area (Å²) in [4.78, 5) is 0. The van der Waals surface area contributed by atoms with Crippen LogP contribution in [0.25, 0.3) is 0 Å². The molecular formula is C10H26N5. The molecule has 0 fully saturated rings. The first-order valence-corrected chi connectivity index (χ1v) is 5.49. The Morgan fingerprint density at radius 1 is 1.13 bits per heavy atom. The van der Waals surface area contributed by atoms with Crippen molar-refractivity contribution in [2.45, 2.75) is 32.4 Å². The maximum atomic E-state index is 6.09. The van der Waals surface area contributed by atoms with Crippen LogP contribution in [-0.4, -0.2) is 25.2 Å². The Morgan fingerprint density at radius 3 is 2.00 bits per heavy atom. The van der Waals surface area contributed by atoms with E-state index in [0.29, 0.717) is 25.0 Å². The van der Waals surface area contributed by atoms with Crippen LogP contribution in [0.5, 0.6) is 0 Å². The molecule has 10 N–H and O–H groups in total. The van der Waals surface area contributed by atoms with Gasteiger partial charge >= 0.3 is 0 Å². The molecule has 0 aliphatic carbocycles. The SMILES string of the molecule is CC(C)C(N)C(CCN)[C](N)C(N)CN. The number of hydrogen-bond donors (Lipinski definition) is 5. The molecule has 5 nitrogen and oxygen atoms in total. The second-order valence-electron chi connectivity index (χ2n) is 4.35. The third kappa shape index (κ3) is 4.44. The summed E-state index contributed by atoms with van der Waals surface area (Å²) in [5.41, 5.74) is 28.9. The van der Waals surface area contributed by atoms with Gasteiger partial charge in [-0.15, -0.1) is 0 Å². The lowest BCUT2D eigenvalue weighted by Crippen LogP contribution is -2.51. The Labute approximate surface area is 92.7 Å². The van der Waals surface area contributed by atoms with Crippen molar-refractivity contribution >= 4 is 0 Å². The molecule has 0 saturated carbocycles. The van der Waals surface area contributed by atoms with E-state index in [4.69, 9.17) is 28.7 Å². The minimum atomic E-state index is -0.286. The quantitative estimate of drug-likeness (QED) is 0.361. The van der Waals surface area contributed by atoms with Gasteiger partial charge in [0.25, 0.3) is 0 Å². The molecule has 3 unspecified atom stereocenters. The molecular weight excluding hydrogens is 190 g/mol. The molecule has 0 spiro atoms. The minimum absolute atomic E-state index is 0.00819. The first-order valence-electron chi connectivity index (χ1n) is 5.49. The van der Waals surface area contributed by atoms with Gasteiger partial charge in [-0.2, -0.15) is 0 Å². The van der Waals surface area contributed by atoms with Crippen molar-refractivity contribution in [3.05, 3.63) is 6.04 Å². The van der Waals surface area contributed by atoms with Gasteiger partial charge in [-0.25, -0.2) is 0 Å². The van der Waals surface area contributed by atoms with Gasteiger partial charge in [0.2, 0.25) is 0 Å². The van der Waals surface area contributed by atoms with E-state index in [9.17, 15) is 0 Å². The zero-order chi connectivity index (χ0) is 12.0. The normalized spacial score (nSPS) is 18.2. The lowest BCUT2D eigenvalue weighted by atomic mass is 9.81. The summed E-state index contributed by atoms with van der Waals surface area (Å²) in [7, 11) is 0. The molecule has 0 aliphatic heterocycles. The van der Waals surface area contributed by atoms with E-state index in [1.54, 1.807) is 0 Å². The predicted molar refractivity (Wildman–Crippen MR) is 64.4 cm³/mol. The van der Waals surface area contributed by atoms with Crippen molar-refractivity contribution in [2.75, 3.05) is 13.1 Å². The van der Waals surface area contributed by atoms with E-state index in [2.05, 4.69) is 13.8 Å². The molecule has 0 aromatic carbocycles. The van der Waals surface area contributed by atoms with Gasteiger partial charge in [0.15, 0.2) is 0 Å². The van der Waals surface area contributed by atoms with E-state index in [-0.39, 0.29) is 18.0 Å². The Kier molecular flexibility index (Phi) is 7.04. The van der Waals surface area contributed by atoms with E-state index in [1.807, 2.05) is 0 Å². The molecule has 0 saturated heterocycles. The summed E-state index contributed by atoms with van der Waals surface area (Å²) in [6.07, 6.45) is 0.763. The molecule has 91 valence electrons. The fourth-order valence-electron chi connectivity index (χ4n) is 1.64. The lowest BCUT2D eigenvalue weighted by molar-refractivity contribution is 0.315. The van der Waals surface area contributed by atoms with Gasteiger partial charge < -0.3 is 28.7 Å². The Balaban J connectivity index is 4.49. The fourth-order valence-corrected chi connectivity index (χ4v) is 1.64. The topological polar surface area (TPSA) is 130 Å². The second kappa shape index (κ2) is 7.14. The van der Waals surface area contributed by atoms with Crippen LogP contribution in [0.2, 0.25) is 0 Å². The Hall–Kier alpha value is -0.200. The molecule has 0 bridgehead atoms. The average molecular weight is 216 g/mol. The van der Waals surface area contributed by atoms with Crippen molar-refractivity contribution in [3.63, 3.8) is 0 Å². The van der Waals surface area contributed by atoms with Crippen molar-refractivity contribution in [1.82, 2.24) is 0 Å². The summed E-state index contributed by atoms with van der Waals surface area (Å²) in [5, 5.41) is 0. The van der Waals surface area contributed by atoms with E-state index in [1.165, 1.54) is 0 Å². The summed E-state index contributed by atoms with van der Waals surface area (Å²) in [6, 6.07) is 0.390. The summed E-state index contributed by atoms with van der Waals surface area (Å²) < 4.78 is 0. The average Bonchev–Trinajstić information content (AvgIpc) is 2.22. The van der Waals surface area contributed by atoms with Crippen molar-refractivity contribution in [2.24, 2.45) is 40.5 Å². The highest BCUT2D eigenvalue weighted by Crippen LogP contribution is 2.22. The van der Waals surface area contributed by atoms with Crippen LogP contribution >= 0.6 is 0 Å². The van der Waals surface area contributed by atoms with Crippen LogP contribution in [0.15, 0.2) is 0 Å². The summed E-state index contributed by atoms with van der Waals surface area (Å²) in [6.45, 7) is 5.03. The van der Waals surface area contributed by atoms with Crippen molar-refractivity contribution in [1.29, 1.82) is 0 Å². The molecule has 3 atom stereocenters. The first kappa shape index (κ1) is 14.8. The lowest BCUT2D eigenvalue weighted by Gasteiger charge is -2.33. The van der Waals surface area contributed by atoms with Gasteiger partial charge in [0.1, 0.15) is 0 Å². The summed E-state index contributed by atoms with van der Waals surface area (Å²) in [5.74, 6) is 0.415. The highest BCUT2D eigenvalue weighted by atomic mass is 14.9. The minimum Gasteiger partial charge on any atom is -0.330 e. The van der Waals surface area contributed by atoms with Gasteiger partial charge in [-0.1, -0.05) is 13.8 Å². The highest BCUT2D eigenvalue weighted by molar-refractivity contribution is 5.04. The zero-order valence-corrected chi connectivity index (χ0v) is 9.82. The van der Waals surface area contributed by atoms with Crippen molar-refractivity contribution < 1.29 is 0 Å². The van der Waals surface area contributed by atoms with Crippen molar-refractivity contribution in [3.8, 4) is 0 Å². The van der Waals surface area contributed by atoms with Crippen LogP contribution < -0.4 is 28.7 Å². The molecule has 5 heteroatoms. The summed E-state index contributed by atoms with van der Waals surface area (Å²) >= 11 is 0. The van der Waals surface area contributed by atoms with E-state index in [0.717, 1.165) is 6.42 Å². The third-order valence-corrected chi connectivity index (χ3v) is 2.82. The monoisotopic (exact) mass is 216 g/mol. The van der Waals surface area contributed by atoms with Crippen LogP contribution in [0, 0.1) is 17.9 Å². The van der Waals surface area contributed by atoms with Gasteiger partial charge in [-0.05, 0) is 24.8 Å². The number of nitrogens with two attached hydrogens (primary N) is 5. The third-order valence-electron chi connectivity index (χ3n) is 2.82. The first-order chi connectivity index (χ1) is 6.95. The number of rotatable bonds is 7. The second-order valence-corrected chi connectivity index (χ2v) is 4.35. The smallest absolute Gasteiger partial charge is 0.0565 e. The van der Waals surface area contributed by atoms with Crippen LogP contribution in [-0.2, 0) is 0 Å². The van der Waals surface area contributed by atoms with Crippen LogP contribution in [0.4, 0.5) is 0 Å². The largest absolute Gasteiger partial charge is 0.330 e. The molecule has 15 heavy (non-hydrogen) atoms. The fraction of sp³-hybridized carbons (Fsp3) is 0.900. The molecule has 0 aromatic heterocycles. The maximum Gasteiger partial charge on any atom is 0.0565 e. The van der Waals surface area contributed by atoms with Gasteiger partial charge in [0.05, 0.1) is 6.04 Å².